The Morgan fingerprint density at radius 2 is 1.95 bits per heavy atom. The smallest absolute Gasteiger partial charge is 0.318 e. The van der Waals surface area contributed by atoms with Crippen LogP contribution >= 0.6 is 0 Å². The van der Waals surface area contributed by atoms with E-state index in [0.717, 1.165) is 68.0 Å². The largest absolute Gasteiger partial charge is 0.492 e. The van der Waals surface area contributed by atoms with E-state index in [4.69, 9.17) is 14.5 Å². The average Bonchev–Trinajstić information content (AvgIpc) is 3.41. The number of piperidine rings is 2. The first-order chi connectivity index (χ1) is 20.4. The number of piperazine rings is 1. The third-order valence-corrected chi connectivity index (χ3v) is 8.90. The Labute approximate surface area is 246 Å². The fourth-order valence-electron chi connectivity index (χ4n) is 6.82. The number of urea groups is 1. The Kier molecular flexibility index (Phi) is 7.12. The lowest BCUT2D eigenvalue weighted by Crippen LogP contribution is -2.71. The number of nitrogens with one attached hydrogen (secondary N) is 1. The van der Waals surface area contributed by atoms with E-state index >= 15 is 0 Å². The summed E-state index contributed by atoms with van der Waals surface area (Å²) in [6.07, 6.45) is 9.31. The Balaban J connectivity index is 1.02. The molecule has 11 heteroatoms. The molecule has 3 aromatic heterocycles. The van der Waals surface area contributed by atoms with Gasteiger partial charge in [0.2, 0.25) is 0 Å². The molecule has 0 aliphatic carbocycles. The Hall–Kier alpha value is -3.88. The van der Waals surface area contributed by atoms with Crippen molar-refractivity contribution >= 4 is 17.4 Å². The molecule has 6 aliphatic rings. The van der Waals surface area contributed by atoms with Crippen LogP contribution in [0, 0.1) is 17.2 Å². The number of rotatable bonds is 9. The molecule has 0 aromatic carbocycles. The van der Waals surface area contributed by atoms with Crippen LogP contribution in [0.1, 0.15) is 38.7 Å². The lowest BCUT2D eigenvalue weighted by molar-refractivity contribution is -0.180. The third kappa shape index (κ3) is 5.14. The fraction of sp³-hybridized carbons (Fsp3) is 0.548. The number of fused-ring (bicyclic) bond motifs is 5. The maximum Gasteiger partial charge on any atom is 0.318 e. The van der Waals surface area contributed by atoms with Crippen LogP contribution in [0.15, 0.2) is 36.8 Å². The standard InChI is InChI=1S/C31H38N8O3/c1-20(2)12-34-31(40)39-23-8-24(39)16-37(15-23)29-5-4-21(13-33-29)28-10-25(19-38-30(28)22(11-32)14-35-38)41-7-3-6-36-17-26-9-27(18-36)42-26/h4-5,10,13-14,19-20,23-24,26-27H,3,6-9,12,15-18H2,1-2H3,(H,34,40). The summed E-state index contributed by atoms with van der Waals surface area (Å²) in [6.45, 7) is 10.1. The highest BCUT2D eigenvalue weighted by atomic mass is 16.5. The van der Waals surface area contributed by atoms with E-state index in [1.807, 2.05) is 35.5 Å². The molecule has 0 radical (unpaired) electrons. The second-order valence-electron chi connectivity index (χ2n) is 12.5. The van der Waals surface area contributed by atoms with Gasteiger partial charge in [-0.05, 0) is 37.0 Å². The van der Waals surface area contributed by atoms with Crippen LogP contribution in [-0.4, -0.2) is 101 Å². The van der Waals surface area contributed by atoms with Gasteiger partial charge < -0.3 is 24.6 Å². The van der Waals surface area contributed by atoms with Gasteiger partial charge in [0.1, 0.15) is 17.6 Å². The molecule has 11 nitrogen and oxygen atoms in total. The summed E-state index contributed by atoms with van der Waals surface area (Å²) in [4.78, 5) is 24.2. The van der Waals surface area contributed by atoms with Crippen molar-refractivity contribution in [2.75, 3.05) is 50.8 Å². The molecule has 3 aromatic rings. The number of ether oxygens (including phenoxy) is 2. The lowest BCUT2D eigenvalue weighted by atomic mass is 9.88. The van der Waals surface area contributed by atoms with E-state index in [9.17, 15) is 10.1 Å². The summed E-state index contributed by atoms with van der Waals surface area (Å²) in [5.41, 5.74) is 3.02. The molecular weight excluding hydrogens is 532 g/mol. The van der Waals surface area contributed by atoms with Crippen molar-refractivity contribution in [1.29, 1.82) is 5.26 Å². The molecule has 1 N–H and O–H groups in total. The van der Waals surface area contributed by atoms with Crippen molar-refractivity contribution in [3.8, 4) is 22.9 Å². The highest BCUT2D eigenvalue weighted by molar-refractivity contribution is 5.85. The van der Waals surface area contributed by atoms with Crippen LogP contribution in [0.2, 0.25) is 0 Å². The minimum absolute atomic E-state index is 0.0469. The van der Waals surface area contributed by atoms with Gasteiger partial charge >= 0.3 is 6.03 Å². The number of nitrogens with zero attached hydrogens (tertiary/aromatic N) is 7. The third-order valence-electron chi connectivity index (χ3n) is 8.90. The number of pyridine rings is 2. The van der Waals surface area contributed by atoms with Gasteiger partial charge in [0.05, 0.1) is 54.4 Å². The molecule has 220 valence electrons. The molecule has 0 spiro atoms. The first-order valence-corrected chi connectivity index (χ1v) is 15.1. The quantitative estimate of drug-likeness (QED) is 0.391. The van der Waals surface area contributed by atoms with Gasteiger partial charge in [-0.3, -0.25) is 4.90 Å². The van der Waals surface area contributed by atoms with Crippen LogP contribution in [-0.2, 0) is 4.74 Å². The van der Waals surface area contributed by atoms with Gasteiger partial charge in [-0.15, -0.1) is 0 Å². The molecule has 9 rings (SSSR count). The van der Waals surface area contributed by atoms with E-state index < -0.39 is 0 Å². The number of anilines is 1. The van der Waals surface area contributed by atoms with Gasteiger partial charge in [-0.2, -0.15) is 10.4 Å². The number of aromatic nitrogens is 3. The Bertz CT molecular complexity index is 1470. The van der Waals surface area contributed by atoms with Crippen LogP contribution < -0.4 is 15.0 Å². The number of carbonyl (C=O) groups is 1. The van der Waals surface area contributed by atoms with Crippen molar-refractivity contribution in [2.45, 2.75) is 57.4 Å². The molecule has 4 bridgehead atoms. The molecule has 4 atom stereocenters. The van der Waals surface area contributed by atoms with Crippen LogP contribution in [0.25, 0.3) is 16.6 Å². The molecule has 4 unspecified atom stereocenters. The normalized spacial score (nSPS) is 24.7. The highest BCUT2D eigenvalue weighted by Crippen LogP contribution is 2.36. The molecule has 6 aliphatic heterocycles. The summed E-state index contributed by atoms with van der Waals surface area (Å²) in [5, 5.41) is 17.2. The molecule has 6 fully saturated rings. The average molecular weight is 571 g/mol. The SMILES string of the molecule is CC(C)CNC(=O)N1C2CC1CN(c1ccc(-c3cc(OCCCN4CC5CC(C4)O5)cn4ncc(C#N)c34)cn1)C2. The van der Waals surface area contributed by atoms with Gasteiger partial charge in [-0.25, -0.2) is 14.3 Å². The molecule has 0 saturated carbocycles. The summed E-state index contributed by atoms with van der Waals surface area (Å²) in [6, 6.07) is 8.81. The minimum atomic E-state index is 0.0469. The maximum absolute atomic E-state index is 12.7. The molecule has 2 amide bonds. The first kappa shape index (κ1) is 27.0. The van der Waals surface area contributed by atoms with Crippen molar-refractivity contribution in [3.05, 3.63) is 42.4 Å². The zero-order valence-electron chi connectivity index (χ0n) is 24.3. The van der Waals surface area contributed by atoms with E-state index in [0.29, 0.717) is 42.6 Å². The van der Waals surface area contributed by atoms with E-state index in [-0.39, 0.29) is 18.1 Å². The number of morpholine rings is 1. The Morgan fingerprint density at radius 1 is 1.17 bits per heavy atom. The topological polar surface area (TPSA) is 111 Å². The predicted octanol–water partition coefficient (Wildman–Crippen LogP) is 3.14. The van der Waals surface area contributed by atoms with Crippen molar-refractivity contribution in [2.24, 2.45) is 5.92 Å². The summed E-state index contributed by atoms with van der Waals surface area (Å²) in [5.74, 6) is 2.04. The van der Waals surface area contributed by atoms with E-state index in [2.05, 4.69) is 40.1 Å². The first-order valence-electron chi connectivity index (χ1n) is 15.1. The summed E-state index contributed by atoms with van der Waals surface area (Å²) >= 11 is 0. The van der Waals surface area contributed by atoms with Crippen LogP contribution in [0.3, 0.4) is 0 Å². The lowest BCUT2D eigenvalue weighted by Gasteiger charge is -2.56. The number of hydrogen-bond acceptors (Lipinski definition) is 8. The zero-order chi connectivity index (χ0) is 28.8. The second-order valence-corrected chi connectivity index (χ2v) is 12.5. The van der Waals surface area contributed by atoms with Crippen molar-refractivity contribution < 1.29 is 14.3 Å². The summed E-state index contributed by atoms with van der Waals surface area (Å²) in [7, 11) is 0. The van der Waals surface area contributed by atoms with Crippen LogP contribution in [0.4, 0.5) is 10.6 Å². The molecule has 6 saturated heterocycles. The number of amides is 2. The molecular formula is C31H38N8O3. The predicted molar refractivity (Wildman–Crippen MR) is 157 cm³/mol. The number of carbonyl (C=O) groups excluding carboxylic acids is 1. The van der Waals surface area contributed by atoms with Crippen molar-refractivity contribution in [3.63, 3.8) is 0 Å². The number of hydrogen-bond donors (Lipinski definition) is 1. The van der Waals surface area contributed by atoms with Gasteiger partial charge in [0, 0.05) is 63.0 Å². The number of nitriles is 1. The van der Waals surface area contributed by atoms with E-state index in [1.54, 1.807) is 10.7 Å². The molecule has 42 heavy (non-hydrogen) atoms. The van der Waals surface area contributed by atoms with Crippen molar-refractivity contribution in [1.82, 2.24) is 29.7 Å². The Morgan fingerprint density at radius 3 is 2.64 bits per heavy atom. The van der Waals surface area contributed by atoms with E-state index in [1.165, 1.54) is 6.42 Å². The minimum Gasteiger partial charge on any atom is -0.492 e. The second kappa shape index (κ2) is 11.1. The fourth-order valence-corrected chi connectivity index (χ4v) is 6.82. The highest BCUT2D eigenvalue weighted by Gasteiger charge is 2.47. The van der Waals surface area contributed by atoms with Crippen LogP contribution in [0.5, 0.6) is 5.75 Å². The van der Waals surface area contributed by atoms with Gasteiger partial charge in [-0.1, -0.05) is 13.8 Å². The summed E-state index contributed by atoms with van der Waals surface area (Å²) < 4.78 is 13.6. The zero-order valence-corrected chi connectivity index (χ0v) is 24.3. The van der Waals surface area contributed by atoms with Gasteiger partial charge in [0.15, 0.2) is 0 Å². The monoisotopic (exact) mass is 570 g/mol. The molecule has 9 heterocycles. The maximum atomic E-state index is 12.7. The van der Waals surface area contributed by atoms with Gasteiger partial charge in [0.25, 0.3) is 0 Å².